The molecule has 0 aliphatic rings. The average Bonchev–Trinajstić information content (AvgIpc) is 2.74. The van der Waals surface area contributed by atoms with Crippen molar-refractivity contribution in [3.8, 4) is 0 Å². The van der Waals surface area contributed by atoms with Gasteiger partial charge in [-0.2, -0.15) is 0 Å². The van der Waals surface area contributed by atoms with E-state index in [-0.39, 0.29) is 0 Å². The summed E-state index contributed by atoms with van der Waals surface area (Å²) in [5, 5.41) is 6.61. The van der Waals surface area contributed by atoms with E-state index in [1.807, 2.05) is 56.6 Å². The minimum Gasteiger partial charge on any atom is -0.444 e. The van der Waals surface area contributed by atoms with E-state index in [2.05, 4.69) is 15.6 Å². The van der Waals surface area contributed by atoms with Crippen molar-refractivity contribution < 1.29 is 9.53 Å². The van der Waals surface area contributed by atoms with Gasteiger partial charge in [-0.1, -0.05) is 11.6 Å². The number of nitrogens with one attached hydrogen (secondary N) is 2. The molecule has 0 saturated heterocycles. The predicted molar refractivity (Wildman–Crippen MR) is 97.5 cm³/mol. The lowest BCUT2D eigenvalue weighted by Gasteiger charge is -2.23. The van der Waals surface area contributed by atoms with Crippen molar-refractivity contribution in [3.63, 3.8) is 0 Å². The van der Waals surface area contributed by atoms with Gasteiger partial charge in [-0.05, 0) is 26.8 Å². The highest BCUT2D eigenvalue weighted by atomic mass is 35.5. The zero-order valence-corrected chi connectivity index (χ0v) is 16.1. The predicted octanol–water partition coefficient (Wildman–Crippen LogP) is 2.21. The Morgan fingerprint density at radius 2 is 2.00 bits per heavy atom. The fourth-order valence-electron chi connectivity index (χ4n) is 2.08. The first kappa shape index (κ1) is 20.2. The van der Waals surface area contributed by atoms with Gasteiger partial charge in [-0.15, -0.1) is 0 Å². The largest absolute Gasteiger partial charge is 0.444 e. The van der Waals surface area contributed by atoms with Crippen LogP contribution >= 0.6 is 11.6 Å². The summed E-state index contributed by atoms with van der Waals surface area (Å²) in [4.78, 5) is 17.8. The van der Waals surface area contributed by atoms with Crippen molar-refractivity contribution in [1.29, 1.82) is 0 Å². The molecule has 0 aromatic carbocycles. The number of aryl methyl sites for hydroxylation is 1. The van der Waals surface area contributed by atoms with Crippen LogP contribution in [0.1, 0.15) is 26.5 Å². The van der Waals surface area contributed by atoms with Crippen LogP contribution in [0.2, 0.25) is 5.02 Å². The van der Waals surface area contributed by atoms with E-state index in [4.69, 9.17) is 16.3 Å². The number of guanidine groups is 1. The maximum Gasteiger partial charge on any atom is 0.407 e. The molecule has 0 saturated carbocycles. The van der Waals surface area contributed by atoms with E-state index < -0.39 is 11.7 Å². The molecule has 0 radical (unpaired) electrons. The number of hydrogen-bond acceptors (Lipinski definition) is 3. The molecular formula is C16H28ClN5O2. The van der Waals surface area contributed by atoms with Crippen molar-refractivity contribution in [2.24, 2.45) is 12.0 Å². The second-order valence-corrected chi connectivity index (χ2v) is 6.96. The molecule has 136 valence electrons. The van der Waals surface area contributed by atoms with Crippen LogP contribution in [0.15, 0.2) is 17.3 Å². The number of halogens is 1. The number of ether oxygens (including phenoxy) is 1. The van der Waals surface area contributed by atoms with Crippen molar-refractivity contribution in [1.82, 2.24) is 20.1 Å². The van der Waals surface area contributed by atoms with Crippen LogP contribution < -0.4 is 10.6 Å². The Bertz CT molecular complexity index is 578. The topological polar surface area (TPSA) is 70.9 Å². The Balaban J connectivity index is 2.39. The number of alkyl carbamates (subject to hydrolysis) is 1. The van der Waals surface area contributed by atoms with Gasteiger partial charge in [0, 0.05) is 46.1 Å². The lowest BCUT2D eigenvalue weighted by molar-refractivity contribution is 0.0529. The van der Waals surface area contributed by atoms with Crippen LogP contribution in [0.4, 0.5) is 4.79 Å². The number of hydrogen-bond donors (Lipinski definition) is 2. The first-order valence-corrected chi connectivity index (χ1v) is 8.19. The number of amides is 1. The molecule has 0 aliphatic heterocycles. The number of carbonyl (C=O) groups is 1. The summed E-state index contributed by atoms with van der Waals surface area (Å²) < 4.78 is 7.16. The third-order valence-corrected chi connectivity index (χ3v) is 3.33. The molecule has 0 unspecified atom stereocenters. The maximum absolute atomic E-state index is 11.6. The molecule has 0 aliphatic carbocycles. The highest BCUT2D eigenvalue weighted by Gasteiger charge is 2.15. The second kappa shape index (κ2) is 8.82. The SMILES string of the molecule is CN=C(NCCNC(=O)OC(C)(C)C)N(C)Cc1cc(Cl)cn1C. The standard InChI is InChI=1S/C16H28ClN5O2/c1-16(2,3)24-15(23)20-8-7-19-14(18-4)22(6)11-13-9-12(17)10-21(13)5/h9-10H,7-8,11H2,1-6H3,(H,18,19)(H,20,23). The first-order valence-electron chi connectivity index (χ1n) is 7.81. The Morgan fingerprint density at radius 1 is 1.38 bits per heavy atom. The van der Waals surface area contributed by atoms with E-state index in [9.17, 15) is 4.79 Å². The number of aliphatic imine (C=N–C) groups is 1. The normalized spacial score (nSPS) is 12.0. The van der Waals surface area contributed by atoms with E-state index in [0.717, 1.165) is 11.7 Å². The molecule has 1 rings (SSSR count). The van der Waals surface area contributed by atoms with Crippen LogP contribution in [-0.2, 0) is 18.3 Å². The van der Waals surface area contributed by atoms with Crippen LogP contribution in [-0.4, -0.2) is 54.3 Å². The maximum atomic E-state index is 11.6. The number of nitrogens with zero attached hydrogens (tertiary/aromatic N) is 3. The molecule has 1 aromatic heterocycles. The molecule has 24 heavy (non-hydrogen) atoms. The van der Waals surface area contributed by atoms with Crippen molar-refractivity contribution >= 4 is 23.7 Å². The zero-order valence-electron chi connectivity index (χ0n) is 15.3. The summed E-state index contributed by atoms with van der Waals surface area (Å²) in [6, 6.07) is 1.93. The molecule has 1 heterocycles. The Hall–Kier alpha value is -1.89. The minimum atomic E-state index is -0.496. The summed E-state index contributed by atoms with van der Waals surface area (Å²) >= 11 is 6.00. The fourth-order valence-corrected chi connectivity index (χ4v) is 2.35. The van der Waals surface area contributed by atoms with E-state index in [1.165, 1.54) is 0 Å². The monoisotopic (exact) mass is 357 g/mol. The first-order chi connectivity index (χ1) is 11.1. The molecule has 7 nitrogen and oxygen atoms in total. The highest BCUT2D eigenvalue weighted by Crippen LogP contribution is 2.14. The summed E-state index contributed by atoms with van der Waals surface area (Å²) in [5.74, 6) is 0.735. The van der Waals surface area contributed by atoms with E-state index in [1.54, 1.807) is 7.05 Å². The fraction of sp³-hybridized carbons (Fsp3) is 0.625. The summed E-state index contributed by atoms with van der Waals surface area (Å²) in [6.45, 7) is 7.15. The molecule has 0 atom stereocenters. The quantitative estimate of drug-likeness (QED) is 0.481. The molecule has 1 aromatic rings. The molecular weight excluding hydrogens is 330 g/mol. The highest BCUT2D eigenvalue weighted by molar-refractivity contribution is 6.30. The van der Waals surface area contributed by atoms with E-state index >= 15 is 0 Å². The van der Waals surface area contributed by atoms with Gasteiger partial charge < -0.3 is 24.8 Å². The van der Waals surface area contributed by atoms with Gasteiger partial charge in [-0.3, -0.25) is 4.99 Å². The van der Waals surface area contributed by atoms with Gasteiger partial charge in [0.2, 0.25) is 0 Å². The molecule has 0 spiro atoms. The molecule has 0 fully saturated rings. The Kier molecular flexibility index (Phi) is 7.41. The molecule has 1 amide bonds. The second-order valence-electron chi connectivity index (χ2n) is 6.52. The van der Waals surface area contributed by atoms with Gasteiger partial charge in [-0.25, -0.2) is 4.79 Å². The van der Waals surface area contributed by atoms with Crippen LogP contribution in [0.3, 0.4) is 0 Å². The van der Waals surface area contributed by atoms with Crippen LogP contribution in [0.5, 0.6) is 0 Å². The van der Waals surface area contributed by atoms with Crippen LogP contribution in [0.25, 0.3) is 0 Å². The summed E-state index contributed by atoms with van der Waals surface area (Å²) in [6.07, 6.45) is 1.44. The third-order valence-electron chi connectivity index (χ3n) is 3.12. The van der Waals surface area contributed by atoms with Gasteiger partial charge in [0.1, 0.15) is 5.60 Å². The summed E-state index contributed by atoms with van der Waals surface area (Å²) in [7, 11) is 5.62. The lowest BCUT2D eigenvalue weighted by Crippen LogP contribution is -2.43. The van der Waals surface area contributed by atoms with Crippen molar-refractivity contribution in [2.75, 3.05) is 27.2 Å². The minimum absolute atomic E-state index is 0.425. The molecule has 8 heteroatoms. The van der Waals surface area contributed by atoms with Crippen LogP contribution in [0, 0.1) is 0 Å². The van der Waals surface area contributed by atoms with Crippen molar-refractivity contribution in [2.45, 2.75) is 32.9 Å². The van der Waals surface area contributed by atoms with Gasteiger partial charge >= 0.3 is 6.09 Å². The average molecular weight is 358 g/mol. The molecule has 0 bridgehead atoms. The lowest BCUT2D eigenvalue weighted by atomic mass is 10.2. The summed E-state index contributed by atoms with van der Waals surface area (Å²) in [5.41, 5.74) is 0.585. The zero-order chi connectivity index (χ0) is 18.3. The van der Waals surface area contributed by atoms with Crippen molar-refractivity contribution in [3.05, 3.63) is 23.0 Å². The van der Waals surface area contributed by atoms with Gasteiger partial charge in [0.15, 0.2) is 5.96 Å². The Labute approximate surface area is 149 Å². The number of rotatable bonds is 5. The number of aromatic nitrogens is 1. The van der Waals surface area contributed by atoms with Gasteiger partial charge in [0.25, 0.3) is 0 Å². The van der Waals surface area contributed by atoms with Gasteiger partial charge in [0.05, 0.1) is 11.6 Å². The number of carbonyl (C=O) groups excluding carboxylic acids is 1. The smallest absolute Gasteiger partial charge is 0.407 e. The molecule has 2 N–H and O–H groups in total. The van der Waals surface area contributed by atoms with E-state index in [0.29, 0.717) is 24.7 Å². The third kappa shape index (κ3) is 7.12. The Morgan fingerprint density at radius 3 is 2.50 bits per heavy atom.